The molecule has 0 bridgehead atoms. The topological polar surface area (TPSA) is 66.8 Å². The van der Waals surface area contributed by atoms with Gasteiger partial charge in [0.25, 0.3) is 0 Å². The van der Waals surface area contributed by atoms with E-state index >= 15 is 0 Å². The van der Waals surface area contributed by atoms with Gasteiger partial charge in [-0.15, -0.1) is 46.4 Å². The van der Waals surface area contributed by atoms with Gasteiger partial charge in [0.2, 0.25) is 0 Å². The Kier molecular flexibility index (Phi) is 7.46. The summed E-state index contributed by atoms with van der Waals surface area (Å²) in [5, 5.41) is 0. The van der Waals surface area contributed by atoms with Gasteiger partial charge in [-0.25, -0.2) is 4.57 Å². The minimum atomic E-state index is -4.46. The molecule has 0 spiro atoms. The van der Waals surface area contributed by atoms with Crippen LogP contribution in [0.25, 0.3) is 0 Å². The molecule has 0 unspecified atom stereocenters. The third-order valence-electron chi connectivity index (χ3n) is 1.46. The van der Waals surface area contributed by atoms with Gasteiger partial charge in [0.1, 0.15) is 9.17 Å². The second-order valence-electron chi connectivity index (χ2n) is 2.86. The smallest absolute Gasteiger partial charge is 0.303 e. The first-order valence-electron chi connectivity index (χ1n) is 3.98. The van der Waals surface area contributed by atoms with E-state index < -0.39 is 17.0 Å². The van der Waals surface area contributed by atoms with Crippen LogP contribution in [0.15, 0.2) is 0 Å². The summed E-state index contributed by atoms with van der Waals surface area (Å²) in [6.45, 7) is -0.230. The van der Waals surface area contributed by atoms with Gasteiger partial charge >= 0.3 is 7.82 Å². The maximum absolute atomic E-state index is 10.3. The monoisotopic (exact) mass is 318 g/mol. The van der Waals surface area contributed by atoms with E-state index in [1.807, 2.05) is 0 Å². The lowest BCUT2D eigenvalue weighted by Crippen LogP contribution is -2.16. The fourth-order valence-electron chi connectivity index (χ4n) is 0.759. The van der Waals surface area contributed by atoms with Crippen LogP contribution in [0, 0.1) is 0 Å². The fourth-order valence-corrected chi connectivity index (χ4v) is 1.68. The highest BCUT2D eigenvalue weighted by molar-refractivity contribution is 7.46. The van der Waals surface area contributed by atoms with E-state index in [9.17, 15) is 4.57 Å². The zero-order valence-corrected chi connectivity index (χ0v) is 11.5. The van der Waals surface area contributed by atoms with E-state index in [-0.39, 0.29) is 13.0 Å². The predicted octanol–water partition coefficient (Wildman–Crippen LogP) is 3.24. The van der Waals surface area contributed by atoms with Crippen LogP contribution in [0.5, 0.6) is 0 Å². The Hall–Kier alpha value is 1.27. The number of phosphoric ester groups is 1. The molecule has 92 valence electrons. The summed E-state index contributed by atoms with van der Waals surface area (Å²) in [6, 6.07) is 0. The largest absolute Gasteiger partial charge is 0.469 e. The summed E-state index contributed by atoms with van der Waals surface area (Å²) >= 11 is 22.6. The highest BCUT2D eigenvalue weighted by Gasteiger charge is 2.26. The van der Waals surface area contributed by atoms with Gasteiger partial charge in [-0.1, -0.05) is 0 Å². The van der Waals surface area contributed by atoms with E-state index in [1.54, 1.807) is 0 Å². The molecule has 0 aliphatic carbocycles. The van der Waals surface area contributed by atoms with Gasteiger partial charge in [-0.3, -0.25) is 4.52 Å². The molecule has 0 aliphatic heterocycles. The average molecular weight is 320 g/mol. The minimum absolute atomic E-state index is 0.0850. The third-order valence-corrected chi connectivity index (χ3v) is 3.17. The molecule has 0 atom stereocenters. The second-order valence-corrected chi connectivity index (χ2v) is 7.02. The van der Waals surface area contributed by atoms with E-state index in [4.69, 9.17) is 56.2 Å². The van der Waals surface area contributed by atoms with Crippen LogP contribution in [-0.2, 0) is 9.09 Å². The summed E-state index contributed by atoms with van der Waals surface area (Å²) in [6.07, 6.45) is 0.798. The Morgan fingerprint density at radius 1 is 1.27 bits per heavy atom. The summed E-state index contributed by atoms with van der Waals surface area (Å²) in [5.41, 5.74) is 0. The van der Waals surface area contributed by atoms with Gasteiger partial charge in [0, 0.05) is 6.42 Å². The van der Waals surface area contributed by atoms with Crippen LogP contribution in [0.2, 0.25) is 0 Å². The normalized spacial score (nSPS) is 13.5. The van der Waals surface area contributed by atoms with Crippen LogP contribution in [0.1, 0.15) is 19.3 Å². The van der Waals surface area contributed by atoms with Crippen LogP contribution < -0.4 is 0 Å². The first-order chi connectivity index (χ1) is 6.62. The van der Waals surface area contributed by atoms with Crippen molar-refractivity contribution < 1.29 is 18.9 Å². The maximum Gasteiger partial charge on any atom is 0.469 e. The zero-order chi connectivity index (χ0) is 12.1. The summed E-state index contributed by atoms with van der Waals surface area (Å²) < 4.78 is 13.4. The molecule has 0 radical (unpaired) electrons. The van der Waals surface area contributed by atoms with Crippen molar-refractivity contribution in [3.8, 4) is 0 Å². The number of hydrogen-bond donors (Lipinski definition) is 2. The predicted molar refractivity (Wildman–Crippen MR) is 61.8 cm³/mol. The SMILES string of the molecule is O=P(O)(O)OCCC(Cl)(Cl)CCC(Cl)Cl. The molecule has 0 amide bonds. The average Bonchev–Trinajstić information content (AvgIpc) is 1.98. The highest BCUT2D eigenvalue weighted by atomic mass is 35.5. The number of rotatable bonds is 7. The van der Waals surface area contributed by atoms with E-state index in [0.717, 1.165) is 0 Å². The lowest BCUT2D eigenvalue weighted by Gasteiger charge is -2.19. The molecule has 0 saturated heterocycles. The molecule has 0 saturated carbocycles. The first-order valence-corrected chi connectivity index (χ1v) is 7.14. The van der Waals surface area contributed by atoms with Gasteiger partial charge in [0.15, 0.2) is 0 Å². The molecular formula is C6H11Cl4O4P. The fraction of sp³-hybridized carbons (Fsp3) is 1.00. The van der Waals surface area contributed by atoms with Gasteiger partial charge in [0.05, 0.1) is 6.61 Å². The molecule has 0 aromatic carbocycles. The summed E-state index contributed by atoms with van der Waals surface area (Å²) in [4.78, 5) is 16.2. The molecule has 0 aromatic heterocycles. The number of halogens is 4. The van der Waals surface area contributed by atoms with Crippen molar-refractivity contribution in [1.82, 2.24) is 0 Å². The Morgan fingerprint density at radius 2 is 1.80 bits per heavy atom. The van der Waals surface area contributed by atoms with Crippen LogP contribution >= 0.6 is 54.2 Å². The lowest BCUT2D eigenvalue weighted by molar-refractivity contribution is 0.192. The Bertz CT molecular complexity index is 229. The molecule has 0 aromatic rings. The quantitative estimate of drug-likeness (QED) is 0.558. The zero-order valence-electron chi connectivity index (χ0n) is 7.58. The van der Waals surface area contributed by atoms with Gasteiger partial charge in [-0.05, 0) is 12.8 Å². The molecule has 9 heteroatoms. The lowest BCUT2D eigenvalue weighted by atomic mass is 10.2. The Morgan fingerprint density at radius 3 is 2.20 bits per heavy atom. The van der Waals surface area contributed by atoms with Crippen molar-refractivity contribution in [2.75, 3.05) is 6.61 Å². The molecule has 0 heterocycles. The van der Waals surface area contributed by atoms with Crippen molar-refractivity contribution in [2.45, 2.75) is 28.4 Å². The molecule has 15 heavy (non-hydrogen) atoms. The van der Waals surface area contributed by atoms with Crippen molar-refractivity contribution in [1.29, 1.82) is 0 Å². The van der Waals surface area contributed by atoms with E-state index in [1.165, 1.54) is 0 Å². The Labute approximate surface area is 108 Å². The van der Waals surface area contributed by atoms with Crippen molar-refractivity contribution in [3.63, 3.8) is 0 Å². The second kappa shape index (κ2) is 6.87. The van der Waals surface area contributed by atoms with E-state index in [2.05, 4.69) is 4.52 Å². The van der Waals surface area contributed by atoms with Crippen LogP contribution in [-0.4, -0.2) is 25.6 Å². The van der Waals surface area contributed by atoms with Crippen molar-refractivity contribution >= 4 is 54.2 Å². The molecule has 0 fully saturated rings. The maximum atomic E-state index is 10.3. The van der Waals surface area contributed by atoms with Gasteiger partial charge < -0.3 is 9.79 Å². The van der Waals surface area contributed by atoms with Crippen LogP contribution in [0.3, 0.4) is 0 Å². The molecular weight excluding hydrogens is 309 g/mol. The number of hydrogen-bond acceptors (Lipinski definition) is 2. The highest BCUT2D eigenvalue weighted by Crippen LogP contribution is 2.38. The first kappa shape index (κ1) is 16.3. The molecule has 2 N–H and O–H groups in total. The number of alkyl halides is 4. The standard InChI is InChI=1S/C6H11Cl4O4P/c7-5(8)1-2-6(9,10)3-4-14-15(11,12)13/h5H,1-4H2,(H2,11,12,13). The number of phosphoric acid groups is 1. The molecule has 0 aliphatic rings. The minimum Gasteiger partial charge on any atom is -0.303 e. The van der Waals surface area contributed by atoms with Gasteiger partial charge in [-0.2, -0.15) is 0 Å². The molecule has 0 rings (SSSR count). The van der Waals surface area contributed by atoms with Crippen molar-refractivity contribution in [3.05, 3.63) is 0 Å². The molecule has 4 nitrogen and oxygen atoms in total. The third kappa shape index (κ3) is 11.5. The Balaban J connectivity index is 3.79. The summed E-state index contributed by atoms with van der Waals surface area (Å²) in [5.74, 6) is 0. The summed E-state index contributed by atoms with van der Waals surface area (Å²) in [7, 11) is -4.46. The van der Waals surface area contributed by atoms with Crippen LogP contribution in [0.4, 0.5) is 0 Å². The van der Waals surface area contributed by atoms with E-state index in [0.29, 0.717) is 12.8 Å². The van der Waals surface area contributed by atoms with Crippen molar-refractivity contribution in [2.24, 2.45) is 0 Å².